The number of ether oxygens (including phenoxy) is 1. The van der Waals surface area contributed by atoms with E-state index in [2.05, 4.69) is 11.7 Å². The molecule has 0 saturated heterocycles. The summed E-state index contributed by atoms with van der Waals surface area (Å²) in [5, 5.41) is 0. The molecule has 0 N–H and O–H groups in total. The largest absolute Gasteiger partial charge is 0.469 e. The molecule has 2 rings (SSSR count). The summed E-state index contributed by atoms with van der Waals surface area (Å²) in [5.41, 5.74) is 3.39. The summed E-state index contributed by atoms with van der Waals surface area (Å²) in [4.78, 5) is 25.8. The van der Waals surface area contributed by atoms with Crippen molar-refractivity contribution in [1.29, 1.82) is 0 Å². The summed E-state index contributed by atoms with van der Waals surface area (Å²) in [6.45, 7) is 2.58. The highest BCUT2D eigenvalue weighted by atomic mass is 16.5. The van der Waals surface area contributed by atoms with Crippen LogP contribution in [0.1, 0.15) is 44.6 Å². The van der Waals surface area contributed by atoms with Gasteiger partial charge in [0.25, 0.3) is 0 Å². The Morgan fingerprint density at radius 3 is 2.45 bits per heavy atom. The predicted molar refractivity (Wildman–Crippen MR) is 84.8 cm³/mol. The second-order valence-electron chi connectivity index (χ2n) is 5.65. The number of nitrogens with zero attached hydrogens (tertiary/aromatic N) is 1. The standard InChI is InChI=1S/C18H23NO3/c1-14-8-6-7-11-16(14)19(17(20)12-18(21)22-2)13-15-9-4-3-5-10-15/h3-5,9-10H,6-8,11-13H2,1-2H3. The summed E-state index contributed by atoms with van der Waals surface area (Å²) >= 11 is 0. The smallest absolute Gasteiger partial charge is 0.315 e. The van der Waals surface area contributed by atoms with Crippen LogP contribution in [0.25, 0.3) is 0 Å². The van der Waals surface area contributed by atoms with Crippen molar-refractivity contribution in [3.05, 3.63) is 47.2 Å². The number of allylic oxidation sites excluding steroid dienone is 2. The van der Waals surface area contributed by atoms with Gasteiger partial charge in [-0.2, -0.15) is 0 Å². The summed E-state index contributed by atoms with van der Waals surface area (Å²) in [5.74, 6) is -0.677. The number of methoxy groups -OCH3 is 1. The normalized spacial score (nSPS) is 14.6. The number of hydrogen-bond donors (Lipinski definition) is 0. The number of hydrogen-bond acceptors (Lipinski definition) is 3. The molecule has 1 amide bonds. The molecule has 0 fully saturated rings. The summed E-state index contributed by atoms with van der Waals surface area (Å²) in [6, 6.07) is 9.87. The van der Waals surface area contributed by atoms with E-state index < -0.39 is 5.97 Å². The number of benzene rings is 1. The van der Waals surface area contributed by atoms with Gasteiger partial charge in [-0.3, -0.25) is 9.59 Å². The van der Waals surface area contributed by atoms with Gasteiger partial charge in [0.2, 0.25) is 5.91 Å². The van der Waals surface area contributed by atoms with Gasteiger partial charge in [0, 0.05) is 5.70 Å². The van der Waals surface area contributed by atoms with Crippen LogP contribution in [-0.4, -0.2) is 23.9 Å². The van der Waals surface area contributed by atoms with E-state index in [1.54, 1.807) is 4.90 Å². The van der Waals surface area contributed by atoms with Crippen molar-refractivity contribution in [3.63, 3.8) is 0 Å². The van der Waals surface area contributed by atoms with Crippen LogP contribution in [0, 0.1) is 0 Å². The molecular formula is C18H23NO3. The van der Waals surface area contributed by atoms with Crippen molar-refractivity contribution in [3.8, 4) is 0 Å². The van der Waals surface area contributed by atoms with Gasteiger partial charge in [0.05, 0.1) is 13.7 Å². The summed E-state index contributed by atoms with van der Waals surface area (Å²) < 4.78 is 4.63. The Hall–Kier alpha value is -2.10. The fraction of sp³-hybridized carbons (Fsp3) is 0.444. The lowest BCUT2D eigenvalue weighted by Crippen LogP contribution is -2.33. The van der Waals surface area contributed by atoms with Gasteiger partial charge >= 0.3 is 5.97 Å². The molecule has 1 aromatic carbocycles. The van der Waals surface area contributed by atoms with E-state index in [4.69, 9.17) is 0 Å². The first kappa shape index (κ1) is 16.3. The second-order valence-corrected chi connectivity index (χ2v) is 5.65. The van der Waals surface area contributed by atoms with E-state index in [0.717, 1.165) is 30.5 Å². The van der Waals surface area contributed by atoms with Crippen LogP contribution >= 0.6 is 0 Å². The highest BCUT2D eigenvalue weighted by Gasteiger charge is 2.24. The van der Waals surface area contributed by atoms with Crippen molar-refractivity contribution < 1.29 is 14.3 Å². The lowest BCUT2D eigenvalue weighted by Gasteiger charge is -2.30. The lowest BCUT2D eigenvalue weighted by molar-refractivity contribution is -0.146. The van der Waals surface area contributed by atoms with Crippen molar-refractivity contribution in [2.45, 2.75) is 45.6 Å². The minimum absolute atomic E-state index is 0.188. The Morgan fingerprint density at radius 2 is 1.82 bits per heavy atom. The zero-order valence-electron chi connectivity index (χ0n) is 13.3. The van der Waals surface area contributed by atoms with Gasteiger partial charge in [-0.15, -0.1) is 0 Å². The minimum atomic E-state index is -0.489. The Balaban J connectivity index is 2.24. The van der Waals surface area contributed by atoms with Crippen molar-refractivity contribution in [2.24, 2.45) is 0 Å². The van der Waals surface area contributed by atoms with Gasteiger partial charge in [-0.25, -0.2) is 0 Å². The van der Waals surface area contributed by atoms with E-state index in [1.807, 2.05) is 30.3 Å². The third kappa shape index (κ3) is 4.20. The molecule has 0 radical (unpaired) electrons. The first-order valence-electron chi connectivity index (χ1n) is 7.71. The van der Waals surface area contributed by atoms with E-state index in [0.29, 0.717) is 6.54 Å². The molecular weight excluding hydrogens is 278 g/mol. The van der Waals surface area contributed by atoms with Crippen LogP contribution in [0.5, 0.6) is 0 Å². The molecule has 0 heterocycles. The highest BCUT2D eigenvalue weighted by molar-refractivity contribution is 5.95. The molecule has 0 saturated carbocycles. The molecule has 0 atom stereocenters. The van der Waals surface area contributed by atoms with Gasteiger partial charge in [-0.05, 0) is 38.2 Å². The van der Waals surface area contributed by atoms with Gasteiger partial charge in [-0.1, -0.05) is 35.9 Å². The molecule has 1 aliphatic carbocycles. The summed E-state index contributed by atoms with van der Waals surface area (Å²) in [7, 11) is 1.31. The molecule has 0 unspecified atom stereocenters. The fourth-order valence-electron chi connectivity index (χ4n) is 2.80. The van der Waals surface area contributed by atoms with Crippen molar-refractivity contribution in [2.75, 3.05) is 7.11 Å². The van der Waals surface area contributed by atoms with E-state index in [-0.39, 0.29) is 12.3 Å². The van der Waals surface area contributed by atoms with Crippen LogP contribution in [0.2, 0.25) is 0 Å². The second kappa shape index (κ2) is 7.78. The molecule has 118 valence electrons. The molecule has 0 aromatic heterocycles. The molecule has 1 aromatic rings. The van der Waals surface area contributed by atoms with Crippen LogP contribution in [0.4, 0.5) is 0 Å². The van der Waals surface area contributed by atoms with Crippen LogP contribution in [0.3, 0.4) is 0 Å². The molecule has 4 nitrogen and oxygen atoms in total. The first-order valence-corrected chi connectivity index (χ1v) is 7.71. The zero-order chi connectivity index (χ0) is 15.9. The number of carbonyl (C=O) groups excluding carboxylic acids is 2. The van der Waals surface area contributed by atoms with E-state index in [9.17, 15) is 9.59 Å². The Labute approximate surface area is 131 Å². The lowest BCUT2D eigenvalue weighted by atomic mass is 9.96. The average molecular weight is 301 g/mol. The molecule has 0 bridgehead atoms. The van der Waals surface area contributed by atoms with Gasteiger partial charge in [0.1, 0.15) is 6.42 Å². The third-order valence-electron chi connectivity index (χ3n) is 4.04. The SMILES string of the molecule is COC(=O)CC(=O)N(Cc1ccccc1)C1=C(C)CCCC1. The number of rotatable bonds is 5. The monoisotopic (exact) mass is 301 g/mol. The van der Waals surface area contributed by atoms with E-state index >= 15 is 0 Å². The molecule has 1 aliphatic rings. The number of carbonyl (C=O) groups is 2. The topological polar surface area (TPSA) is 46.6 Å². The number of amides is 1. The minimum Gasteiger partial charge on any atom is -0.469 e. The fourth-order valence-corrected chi connectivity index (χ4v) is 2.80. The maximum atomic E-state index is 12.6. The first-order chi connectivity index (χ1) is 10.6. The predicted octanol–water partition coefficient (Wildman–Crippen LogP) is 3.43. The molecule has 4 heteroatoms. The Bertz CT molecular complexity index is 563. The van der Waals surface area contributed by atoms with Crippen LogP contribution < -0.4 is 0 Å². The zero-order valence-corrected chi connectivity index (χ0v) is 13.3. The average Bonchev–Trinajstić information content (AvgIpc) is 2.54. The maximum Gasteiger partial charge on any atom is 0.315 e. The number of esters is 1. The van der Waals surface area contributed by atoms with Gasteiger partial charge in [0.15, 0.2) is 0 Å². The molecule has 22 heavy (non-hydrogen) atoms. The highest BCUT2D eigenvalue weighted by Crippen LogP contribution is 2.28. The van der Waals surface area contributed by atoms with Gasteiger partial charge < -0.3 is 9.64 Å². The van der Waals surface area contributed by atoms with Crippen molar-refractivity contribution >= 4 is 11.9 Å². The quantitative estimate of drug-likeness (QED) is 0.618. The van der Waals surface area contributed by atoms with E-state index in [1.165, 1.54) is 19.1 Å². The van der Waals surface area contributed by atoms with Crippen molar-refractivity contribution in [1.82, 2.24) is 4.90 Å². The molecule has 0 spiro atoms. The van der Waals surface area contributed by atoms with Crippen LogP contribution in [0.15, 0.2) is 41.6 Å². The Morgan fingerprint density at radius 1 is 1.14 bits per heavy atom. The molecule has 0 aliphatic heterocycles. The van der Waals surface area contributed by atoms with Crippen LogP contribution in [-0.2, 0) is 20.9 Å². The maximum absolute atomic E-state index is 12.6. The summed E-state index contributed by atoms with van der Waals surface area (Å²) in [6.07, 6.45) is 3.96. The Kier molecular flexibility index (Phi) is 5.75. The third-order valence-corrected chi connectivity index (χ3v) is 4.04.